The Balaban J connectivity index is 1.91. The molecule has 0 aliphatic carbocycles. The highest BCUT2D eigenvalue weighted by atomic mass is 32.2. The van der Waals surface area contributed by atoms with E-state index < -0.39 is 0 Å². The Morgan fingerprint density at radius 3 is 2.71 bits per heavy atom. The molecule has 0 aromatic heterocycles. The van der Waals surface area contributed by atoms with E-state index in [9.17, 15) is 4.79 Å². The number of carbonyl (C=O) groups is 1. The molecule has 146 valence electrons. The van der Waals surface area contributed by atoms with Crippen LogP contribution in [0.3, 0.4) is 0 Å². The molecule has 0 amide bonds. The number of rotatable bonds is 5. The second kappa shape index (κ2) is 9.45. The number of thioether (sulfide) groups is 2. The van der Waals surface area contributed by atoms with E-state index in [0.29, 0.717) is 6.61 Å². The molecule has 0 atom stereocenters. The maximum Gasteiger partial charge on any atom is 0.310 e. The van der Waals surface area contributed by atoms with Crippen molar-refractivity contribution in [3.63, 3.8) is 0 Å². The lowest BCUT2D eigenvalue weighted by molar-refractivity contribution is -0.142. The van der Waals surface area contributed by atoms with Crippen molar-refractivity contribution in [2.24, 2.45) is 0 Å². The van der Waals surface area contributed by atoms with Gasteiger partial charge in [0, 0.05) is 23.1 Å². The summed E-state index contributed by atoms with van der Waals surface area (Å²) < 4.78 is 10.9. The third-order valence-corrected chi connectivity index (χ3v) is 7.90. The monoisotopic (exact) mass is 412 g/mol. The van der Waals surface area contributed by atoms with E-state index in [4.69, 9.17) is 9.47 Å². The Kier molecular flexibility index (Phi) is 6.98. The van der Waals surface area contributed by atoms with Gasteiger partial charge in [-0.1, -0.05) is 30.0 Å². The molecular formula is C23H24O3S2. The average Bonchev–Trinajstić information content (AvgIpc) is 2.72. The first-order chi connectivity index (χ1) is 13.6. The summed E-state index contributed by atoms with van der Waals surface area (Å²) in [5, 5.41) is 0. The Hall–Kier alpha value is -2.03. The van der Waals surface area contributed by atoms with Crippen LogP contribution in [-0.4, -0.2) is 31.7 Å². The van der Waals surface area contributed by atoms with E-state index in [1.807, 2.05) is 66.8 Å². The van der Waals surface area contributed by atoms with E-state index >= 15 is 0 Å². The van der Waals surface area contributed by atoms with E-state index in [0.717, 1.165) is 35.5 Å². The van der Waals surface area contributed by atoms with Crippen LogP contribution in [0, 0.1) is 11.8 Å². The predicted octanol–water partition coefficient (Wildman–Crippen LogP) is 4.85. The lowest BCUT2D eigenvalue weighted by Crippen LogP contribution is -2.26. The maximum absolute atomic E-state index is 11.8. The van der Waals surface area contributed by atoms with Gasteiger partial charge in [0.2, 0.25) is 0 Å². The zero-order chi connectivity index (χ0) is 20.0. The molecule has 0 spiro atoms. The van der Waals surface area contributed by atoms with Crippen LogP contribution in [0.15, 0.2) is 42.5 Å². The minimum atomic E-state index is -0.229. The molecule has 0 bridgehead atoms. The van der Waals surface area contributed by atoms with Gasteiger partial charge in [0.25, 0.3) is 0 Å². The molecule has 1 aliphatic heterocycles. The minimum Gasteiger partial charge on any atom is -0.493 e. The highest BCUT2D eigenvalue weighted by Crippen LogP contribution is 2.52. The largest absolute Gasteiger partial charge is 0.493 e. The zero-order valence-corrected chi connectivity index (χ0v) is 18.0. The van der Waals surface area contributed by atoms with E-state index in [1.165, 1.54) is 5.56 Å². The molecule has 3 nitrogen and oxygen atoms in total. The number of benzene rings is 2. The smallest absolute Gasteiger partial charge is 0.310 e. The van der Waals surface area contributed by atoms with Gasteiger partial charge >= 0.3 is 5.97 Å². The molecule has 0 N–H and O–H groups in total. The Morgan fingerprint density at radius 2 is 1.96 bits per heavy atom. The van der Waals surface area contributed by atoms with Crippen molar-refractivity contribution >= 4 is 29.5 Å². The van der Waals surface area contributed by atoms with Crippen LogP contribution >= 0.6 is 23.5 Å². The highest BCUT2D eigenvalue weighted by Gasteiger charge is 2.36. The van der Waals surface area contributed by atoms with Gasteiger partial charge in [0.1, 0.15) is 5.75 Å². The van der Waals surface area contributed by atoms with Crippen molar-refractivity contribution in [2.45, 2.75) is 23.8 Å². The Labute approximate surface area is 175 Å². The number of fused-ring (bicyclic) bond motifs is 1. The van der Waals surface area contributed by atoms with E-state index in [1.54, 1.807) is 0 Å². The SMILES string of the molecule is CCOC(=O)Cc1ccccc1C#Cc1ccc2c(c1)C(SC)(SC)CCO2. The van der Waals surface area contributed by atoms with Gasteiger partial charge in [-0.05, 0) is 49.3 Å². The fraction of sp³-hybridized carbons (Fsp3) is 0.348. The molecule has 5 heteroatoms. The van der Waals surface area contributed by atoms with Gasteiger partial charge < -0.3 is 9.47 Å². The summed E-state index contributed by atoms with van der Waals surface area (Å²) in [6.45, 7) is 2.93. The number of esters is 1. The van der Waals surface area contributed by atoms with Crippen LogP contribution in [0.2, 0.25) is 0 Å². The second-order valence-corrected chi connectivity index (χ2v) is 8.83. The van der Waals surface area contributed by atoms with Gasteiger partial charge in [-0.2, -0.15) is 0 Å². The first kappa shape index (κ1) is 20.7. The summed E-state index contributed by atoms with van der Waals surface area (Å²) in [7, 11) is 0. The van der Waals surface area contributed by atoms with Gasteiger partial charge in [-0.3, -0.25) is 4.79 Å². The first-order valence-electron chi connectivity index (χ1n) is 9.25. The molecule has 0 saturated carbocycles. The first-order valence-corrected chi connectivity index (χ1v) is 11.7. The van der Waals surface area contributed by atoms with Crippen LogP contribution in [0.25, 0.3) is 0 Å². The summed E-state index contributed by atoms with van der Waals surface area (Å²) in [6, 6.07) is 13.9. The number of ether oxygens (including phenoxy) is 2. The van der Waals surface area contributed by atoms with E-state index in [2.05, 4.69) is 30.4 Å². The summed E-state index contributed by atoms with van der Waals surface area (Å²) >= 11 is 3.71. The number of hydrogen-bond donors (Lipinski definition) is 0. The third-order valence-electron chi connectivity index (χ3n) is 4.74. The predicted molar refractivity (Wildman–Crippen MR) is 118 cm³/mol. The average molecular weight is 413 g/mol. The topological polar surface area (TPSA) is 35.5 Å². The lowest BCUT2D eigenvalue weighted by Gasteiger charge is -2.36. The number of hydrogen-bond acceptors (Lipinski definition) is 5. The molecule has 28 heavy (non-hydrogen) atoms. The highest BCUT2D eigenvalue weighted by molar-refractivity contribution is 8.16. The maximum atomic E-state index is 11.8. The second-order valence-electron chi connectivity index (χ2n) is 6.36. The van der Waals surface area contributed by atoms with Crippen LogP contribution in [0.5, 0.6) is 5.75 Å². The Morgan fingerprint density at radius 1 is 1.18 bits per heavy atom. The molecule has 3 rings (SSSR count). The van der Waals surface area contributed by atoms with Crippen LogP contribution in [0.4, 0.5) is 0 Å². The van der Waals surface area contributed by atoms with Crippen molar-refractivity contribution in [1.29, 1.82) is 0 Å². The van der Waals surface area contributed by atoms with Crippen LogP contribution < -0.4 is 4.74 Å². The molecule has 0 saturated heterocycles. The summed E-state index contributed by atoms with van der Waals surface area (Å²) in [4.78, 5) is 11.8. The molecule has 1 heterocycles. The van der Waals surface area contributed by atoms with Crippen molar-refractivity contribution in [3.05, 3.63) is 64.7 Å². The van der Waals surface area contributed by atoms with Crippen molar-refractivity contribution in [1.82, 2.24) is 0 Å². The van der Waals surface area contributed by atoms with E-state index in [-0.39, 0.29) is 16.5 Å². The molecule has 1 aliphatic rings. The normalized spacial score (nSPS) is 14.2. The molecule has 2 aromatic rings. The van der Waals surface area contributed by atoms with Gasteiger partial charge in [0.05, 0.1) is 23.7 Å². The van der Waals surface area contributed by atoms with Gasteiger partial charge in [0.15, 0.2) is 0 Å². The quantitative estimate of drug-likeness (QED) is 0.398. The Bertz CT molecular complexity index is 908. The van der Waals surface area contributed by atoms with Crippen LogP contribution in [-0.2, 0) is 20.0 Å². The number of carbonyl (C=O) groups excluding carboxylic acids is 1. The van der Waals surface area contributed by atoms with Crippen LogP contribution in [0.1, 0.15) is 35.6 Å². The van der Waals surface area contributed by atoms with Crippen molar-refractivity contribution in [3.8, 4) is 17.6 Å². The molecular weight excluding hydrogens is 388 g/mol. The molecule has 2 aromatic carbocycles. The summed E-state index contributed by atoms with van der Waals surface area (Å²) in [5.41, 5.74) is 3.89. The van der Waals surface area contributed by atoms with Gasteiger partial charge in [-0.15, -0.1) is 23.5 Å². The standard InChI is InChI=1S/C23H24O3S2/c1-4-25-22(24)16-19-8-6-5-7-18(19)11-9-17-10-12-21-20(15-17)23(27-2,28-3)13-14-26-21/h5-8,10,12,15H,4,13-14,16H2,1-3H3. The van der Waals surface area contributed by atoms with Crippen molar-refractivity contribution in [2.75, 3.05) is 25.7 Å². The summed E-state index contributed by atoms with van der Waals surface area (Å²) in [6.07, 6.45) is 5.51. The molecule has 0 unspecified atom stereocenters. The summed E-state index contributed by atoms with van der Waals surface area (Å²) in [5.74, 6) is 7.22. The lowest BCUT2D eigenvalue weighted by atomic mass is 10.0. The molecule has 0 fully saturated rings. The van der Waals surface area contributed by atoms with Crippen molar-refractivity contribution < 1.29 is 14.3 Å². The zero-order valence-electron chi connectivity index (χ0n) is 16.4. The fourth-order valence-corrected chi connectivity index (χ4v) is 5.27. The minimum absolute atomic E-state index is 0.00703. The third kappa shape index (κ3) is 4.51. The molecule has 0 radical (unpaired) electrons. The van der Waals surface area contributed by atoms with Gasteiger partial charge in [-0.25, -0.2) is 0 Å². The fourth-order valence-electron chi connectivity index (χ4n) is 3.27.